The van der Waals surface area contributed by atoms with Crippen molar-refractivity contribution in [2.24, 2.45) is 0 Å². The van der Waals surface area contributed by atoms with E-state index in [2.05, 4.69) is 29.8 Å². The van der Waals surface area contributed by atoms with Crippen LogP contribution < -0.4 is 4.90 Å². The van der Waals surface area contributed by atoms with E-state index in [1.807, 2.05) is 12.3 Å². The molecule has 0 aliphatic carbocycles. The molecular weight excluding hydrogens is 160 g/mol. The SMILES string of the molecule is CC(C)N1CCCc2ncccc21. The van der Waals surface area contributed by atoms with E-state index < -0.39 is 0 Å². The number of aryl methyl sites for hydroxylation is 1. The van der Waals surface area contributed by atoms with Crippen molar-refractivity contribution in [3.63, 3.8) is 0 Å². The molecule has 2 rings (SSSR count). The van der Waals surface area contributed by atoms with Crippen LogP contribution in [0.1, 0.15) is 26.0 Å². The first-order valence-electron chi connectivity index (χ1n) is 4.99. The van der Waals surface area contributed by atoms with Crippen LogP contribution in [0, 0.1) is 0 Å². The van der Waals surface area contributed by atoms with E-state index in [-0.39, 0.29) is 0 Å². The second-order valence-corrected chi connectivity index (χ2v) is 3.86. The van der Waals surface area contributed by atoms with Gasteiger partial charge in [0.25, 0.3) is 0 Å². The zero-order chi connectivity index (χ0) is 9.26. The summed E-state index contributed by atoms with van der Waals surface area (Å²) in [6.07, 6.45) is 4.27. The van der Waals surface area contributed by atoms with Gasteiger partial charge in [0.1, 0.15) is 0 Å². The van der Waals surface area contributed by atoms with Gasteiger partial charge >= 0.3 is 0 Å². The van der Waals surface area contributed by atoms with Crippen LogP contribution >= 0.6 is 0 Å². The van der Waals surface area contributed by atoms with Crippen molar-refractivity contribution in [1.82, 2.24) is 4.98 Å². The lowest BCUT2D eigenvalue weighted by atomic mass is 10.1. The van der Waals surface area contributed by atoms with Crippen molar-refractivity contribution in [1.29, 1.82) is 0 Å². The van der Waals surface area contributed by atoms with Crippen molar-refractivity contribution >= 4 is 5.69 Å². The highest BCUT2D eigenvalue weighted by atomic mass is 15.2. The van der Waals surface area contributed by atoms with E-state index in [4.69, 9.17) is 0 Å². The van der Waals surface area contributed by atoms with Gasteiger partial charge < -0.3 is 4.90 Å². The molecule has 2 nitrogen and oxygen atoms in total. The number of anilines is 1. The zero-order valence-corrected chi connectivity index (χ0v) is 8.33. The highest BCUT2D eigenvalue weighted by molar-refractivity contribution is 5.52. The van der Waals surface area contributed by atoms with E-state index >= 15 is 0 Å². The maximum absolute atomic E-state index is 4.41. The minimum Gasteiger partial charge on any atom is -0.368 e. The Morgan fingerprint density at radius 3 is 3.08 bits per heavy atom. The van der Waals surface area contributed by atoms with Crippen molar-refractivity contribution in [2.45, 2.75) is 32.7 Å². The van der Waals surface area contributed by atoms with Gasteiger partial charge in [-0.1, -0.05) is 0 Å². The highest BCUT2D eigenvalue weighted by Crippen LogP contribution is 2.26. The molecule has 0 saturated carbocycles. The van der Waals surface area contributed by atoms with Crippen LogP contribution in [0.3, 0.4) is 0 Å². The lowest BCUT2D eigenvalue weighted by Crippen LogP contribution is -2.35. The second-order valence-electron chi connectivity index (χ2n) is 3.86. The van der Waals surface area contributed by atoms with Crippen LogP contribution in [0.2, 0.25) is 0 Å². The average molecular weight is 176 g/mol. The van der Waals surface area contributed by atoms with Crippen molar-refractivity contribution in [2.75, 3.05) is 11.4 Å². The number of aromatic nitrogens is 1. The zero-order valence-electron chi connectivity index (χ0n) is 8.33. The number of hydrogen-bond donors (Lipinski definition) is 0. The number of hydrogen-bond acceptors (Lipinski definition) is 2. The molecule has 70 valence electrons. The van der Waals surface area contributed by atoms with Gasteiger partial charge in [-0.05, 0) is 38.8 Å². The number of pyridine rings is 1. The van der Waals surface area contributed by atoms with Gasteiger partial charge in [0, 0.05) is 18.8 Å². The molecule has 0 aromatic carbocycles. The van der Waals surface area contributed by atoms with Crippen molar-refractivity contribution in [3.05, 3.63) is 24.0 Å². The van der Waals surface area contributed by atoms with E-state index in [1.165, 1.54) is 24.3 Å². The summed E-state index contributed by atoms with van der Waals surface area (Å²) < 4.78 is 0. The third-order valence-electron chi connectivity index (χ3n) is 2.61. The fraction of sp³-hybridized carbons (Fsp3) is 0.545. The molecule has 1 aliphatic rings. The summed E-state index contributed by atoms with van der Waals surface area (Å²) in [7, 11) is 0. The Kier molecular flexibility index (Phi) is 2.21. The third kappa shape index (κ3) is 1.53. The van der Waals surface area contributed by atoms with Crippen LogP contribution in [-0.2, 0) is 6.42 Å². The quantitative estimate of drug-likeness (QED) is 0.652. The predicted molar refractivity (Wildman–Crippen MR) is 55.0 cm³/mol. The molecule has 0 bridgehead atoms. The molecule has 1 aliphatic heterocycles. The van der Waals surface area contributed by atoms with E-state index in [1.54, 1.807) is 0 Å². The van der Waals surface area contributed by atoms with E-state index in [0.717, 1.165) is 6.42 Å². The monoisotopic (exact) mass is 176 g/mol. The van der Waals surface area contributed by atoms with Gasteiger partial charge in [-0.3, -0.25) is 4.98 Å². The first-order chi connectivity index (χ1) is 6.29. The van der Waals surface area contributed by atoms with Crippen LogP contribution in [-0.4, -0.2) is 17.6 Å². The predicted octanol–water partition coefficient (Wildman–Crippen LogP) is 2.24. The minimum absolute atomic E-state index is 0.586. The van der Waals surface area contributed by atoms with Crippen molar-refractivity contribution in [3.8, 4) is 0 Å². The fourth-order valence-electron chi connectivity index (χ4n) is 1.96. The highest BCUT2D eigenvalue weighted by Gasteiger charge is 2.18. The number of rotatable bonds is 1. The normalized spacial score (nSPS) is 16.1. The molecule has 0 unspecified atom stereocenters. The molecule has 1 aromatic heterocycles. The lowest BCUT2D eigenvalue weighted by molar-refractivity contribution is 0.617. The van der Waals surface area contributed by atoms with Gasteiger partial charge in [0.15, 0.2) is 0 Å². The summed E-state index contributed by atoms with van der Waals surface area (Å²) in [5.41, 5.74) is 2.60. The first kappa shape index (κ1) is 8.54. The van der Waals surface area contributed by atoms with Crippen LogP contribution in [0.4, 0.5) is 5.69 Å². The lowest BCUT2D eigenvalue weighted by Gasteiger charge is -2.33. The summed E-state index contributed by atoms with van der Waals surface area (Å²) >= 11 is 0. The molecule has 0 fully saturated rings. The Labute approximate surface area is 79.6 Å². The molecule has 1 aromatic rings. The van der Waals surface area contributed by atoms with Gasteiger partial charge in [-0.2, -0.15) is 0 Å². The maximum Gasteiger partial charge on any atom is 0.0637 e. The summed E-state index contributed by atoms with van der Waals surface area (Å²) in [6, 6.07) is 4.80. The minimum atomic E-state index is 0.586. The van der Waals surface area contributed by atoms with Crippen LogP contribution in [0.25, 0.3) is 0 Å². The van der Waals surface area contributed by atoms with Crippen LogP contribution in [0.5, 0.6) is 0 Å². The molecule has 0 saturated heterocycles. The topological polar surface area (TPSA) is 16.1 Å². The molecule has 0 spiro atoms. The molecule has 0 atom stereocenters. The molecule has 0 N–H and O–H groups in total. The van der Waals surface area contributed by atoms with Gasteiger partial charge in [0.05, 0.1) is 11.4 Å². The van der Waals surface area contributed by atoms with Gasteiger partial charge in [0.2, 0.25) is 0 Å². The molecule has 13 heavy (non-hydrogen) atoms. The Morgan fingerprint density at radius 1 is 1.46 bits per heavy atom. The standard InChI is InChI=1S/C11H16N2/c1-9(2)13-8-4-5-10-11(13)6-3-7-12-10/h3,6-7,9H,4-5,8H2,1-2H3. The van der Waals surface area contributed by atoms with Gasteiger partial charge in [-0.25, -0.2) is 0 Å². The summed E-state index contributed by atoms with van der Waals surface area (Å²) in [5, 5.41) is 0. The smallest absolute Gasteiger partial charge is 0.0637 e. The third-order valence-corrected chi connectivity index (χ3v) is 2.61. The summed E-state index contributed by atoms with van der Waals surface area (Å²) in [5.74, 6) is 0. The largest absolute Gasteiger partial charge is 0.368 e. The number of nitrogens with zero attached hydrogens (tertiary/aromatic N) is 2. The Morgan fingerprint density at radius 2 is 2.31 bits per heavy atom. The molecular formula is C11H16N2. The Balaban J connectivity index is 2.37. The van der Waals surface area contributed by atoms with Crippen LogP contribution in [0.15, 0.2) is 18.3 Å². The fourth-order valence-corrected chi connectivity index (χ4v) is 1.96. The molecule has 0 amide bonds. The molecule has 2 heteroatoms. The number of fused-ring (bicyclic) bond motifs is 1. The average Bonchev–Trinajstić information content (AvgIpc) is 2.17. The van der Waals surface area contributed by atoms with E-state index in [9.17, 15) is 0 Å². The molecule has 2 heterocycles. The first-order valence-corrected chi connectivity index (χ1v) is 4.99. The molecule has 0 radical (unpaired) electrons. The Hall–Kier alpha value is -1.05. The summed E-state index contributed by atoms with van der Waals surface area (Å²) in [4.78, 5) is 6.85. The summed E-state index contributed by atoms with van der Waals surface area (Å²) in [6.45, 7) is 5.65. The van der Waals surface area contributed by atoms with E-state index in [0.29, 0.717) is 6.04 Å². The maximum atomic E-state index is 4.41. The van der Waals surface area contributed by atoms with Crippen molar-refractivity contribution < 1.29 is 0 Å². The Bertz CT molecular complexity index is 294. The van der Waals surface area contributed by atoms with Gasteiger partial charge in [-0.15, -0.1) is 0 Å². The second kappa shape index (κ2) is 3.36.